The zero-order valence-electron chi connectivity index (χ0n) is 23.5. The topological polar surface area (TPSA) is 136 Å². The number of amides is 1. The van der Waals surface area contributed by atoms with E-state index in [-0.39, 0.29) is 34.9 Å². The van der Waals surface area contributed by atoms with Crippen LogP contribution in [-0.2, 0) is 16.6 Å². The van der Waals surface area contributed by atoms with E-state index in [1.54, 1.807) is 6.07 Å². The summed E-state index contributed by atoms with van der Waals surface area (Å²) in [6.45, 7) is 8.28. The fourth-order valence-corrected chi connectivity index (χ4v) is 4.28. The summed E-state index contributed by atoms with van der Waals surface area (Å²) in [4.78, 5) is 33.1. The average molecular weight is 569 g/mol. The van der Waals surface area contributed by atoms with Crippen LogP contribution < -0.4 is 5.32 Å². The van der Waals surface area contributed by atoms with Gasteiger partial charge in [-0.3, -0.25) is 4.79 Å². The summed E-state index contributed by atoms with van der Waals surface area (Å²) in [5, 5.41) is 20.3. The van der Waals surface area contributed by atoms with Crippen LogP contribution in [0, 0.1) is 12.7 Å². The van der Waals surface area contributed by atoms with Crippen molar-refractivity contribution in [3.8, 4) is 28.5 Å². The highest BCUT2D eigenvalue weighted by Crippen LogP contribution is 2.26. The second-order valence-electron chi connectivity index (χ2n) is 11.0. The van der Waals surface area contributed by atoms with Crippen molar-refractivity contribution in [3.05, 3.63) is 101 Å². The largest absolute Gasteiger partial charge is 0.480 e. The van der Waals surface area contributed by atoms with Crippen LogP contribution in [0.25, 0.3) is 28.5 Å². The van der Waals surface area contributed by atoms with Crippen LogP contribution in [0.1, 0.15) is 48.1 Å². The van der Waals surface area contributed by atoms with Gasteiger partial charge < -0.3 is 14.9 Å². The highest BCUT2D eigenvalue weighted by molar-refractivity contribution is 5.93. The number of carbonyl (C=O) groups excluding carboxylic acids is 1. The molecule has 0 fully saturated rings. The fraction of sp³-hybridized carbons (Fsp3) is 0.226. The number of halogens is 1. The van der Waals surface area contributed by atoms with Crippen molar-refractivity contribution >= 4 is 11.9 Å². The Morgan fingerprint density at radius 1 is 1.05 bits per heavy atom. The molecule has 0 saturated heterocycles. The van der Waals surface area contributed by atoms with Crippen molar-refractivity contribution in [2.45, 2.75) is 45.6 Å². The van der Waals surface area contributed by atoms with Crippen LogP contribution in [0.5, 0.6) is 0 Å². The first-order valence-electron chi connectivity index (χ1n) is 13.2. The van der Waals surface area contributed by atoms with Crippen molar-refractivity contribution in [1.82, 2.24) is 30.2 Å². The molecule has 214 valence electrons. The van der Waals surface area contributed by atoms with Crippen molar-refractivity contribution in [1.29, 1.82) is 0 Å². The third kappa shape index (κ3) is 6.25. The van der Waals surface area contributed by atoms with Crippen LogP contribution in [0.15, 0.2) is 77.6 Å². The number of aliphatic carboxylic acids is 1. The lowest BCUT2D eigenvalue weighted by Crippen LogP contribution is -2.42. The summed E-state index contributed by atoms with van der Waals surface area (Å²) >= 11 is 0. The molecule has 5 rings (SSSR count). The van der Waals surface area contributed by atoms with E-state index in [0.29, 0.717) is 16.8 Å². The van der Waals surface area contributed by atoms with Crippen LogP contribution >= 0.6 is 0 Å². The van der Waals surface area contributed by atoms with Gasteiger partial charge in [0.25, 0.3) is 11.8 Å². The van der Waals surface area contributed by atoms with Gasteiger partial charge in [0.1, 0.15) is 18.2 Å². The maximum atomic E-state index is 15.1. The number of benzene rings is 3. The third-order valence-electron chi connectivity index (χ3n) is 6.74. The van der Waals surface area contributed by atoms with E-state index in [1.165, 1.54) is 23.1 Å². The number of hydrogen-bond donors (Lipinski definition) is 2. The highest BCUT2D eigenvalue weighted by Gasteiger charge is 2.24. The van der Waals surface area contributed by atoms with Gasteiger partial charge in [-0.15, -0.1) is 5.10 Å². The number of carboxylic acid groups (broad SMARTS) is 1. The molecule has 0 bridgehead atoms. The first-order valence-corrected chi connectivity index (χ1v) is 13.2. The SMILES string of the molecule is Cc1ccc(-c2nc(-c3ccc(CC(NC(=O)c4ncn(-c5ccc(C(C)(C)C)cc5)n4)C(=O)O)cc3F)no2)cc1. The van der Waals surface area contributed by atoms with E-state index in [4.69, 9.17) is 4.52 Å². The smallest absolute Gasteiger partial charge is 0.326 e. The Hall–Kier alpha value is -5.19. The molecule has 1 unspecified atom stereocenters. The van der Waals surface area contributed by atoms with Gasteiger partial charge in [0.05, 0.1) is 11.3 Å². The normalized spacial score (nSPS) is 12.2. The first kappa shape index (κ1) is 28.3. The van der Waals surface area contributed by atoms with E-state index in [1.807, 2.05) is 55.5 Å². The number of nitrogens with zero attached hydrogens (tertiary/aromatic N) is 5. The lowest BCUT2D eigenvalue weighted by molar-refractivity contribution is -0.139. The van der Waals surface area contributed by atoms with Gasteiger partial charge in [0.2, 0.25) is 11.6 Å². The summed E-state index contributed by atoms with van der Waals surface area (Å²) in [6.07, 6.45) is 1.21. The number of aryl methyl sites for hydroxylation is 1. The predicted octanol–water partition coefficient (Wildman–Crippen LogP) is 5.16. The third-order valence-corrected chi connectivity index (χ3v) is 6.74. The Morgan fingerprint density at radius 3 is 2.40 bits per heavy atom. The molecule has 42 heavy (non-hydrogen) atoms. The summed E-state index contributed by atoms with van der Waals surface area (Å²) in [7, 11) is 0. The molecule has 3 aromatic carbocycles. The zero-order valence-corrected chi connectivity index (χ0v) is 23.5. The minimum atomic E-state index is -1.35. The number of carboxylic acids is 1. The molecule has 2 aromatic heterocycles. The Kier molecular flexibility index (Phi) is 7.66. The quantitative estimate of drug-likeness (QED) is 0.262. The predicted molar refractivity (Wildman–Crippen MR) is 153 cm³/mol. The van der Waals surface area contributed by atoms with Crippen LogP contribution in [-0.4, -0.2) is 47.9 Å². The van der Waals surface area contributed by atoms with Crippen molar-refractivity contribution < 1.29 is 23.6 Å². The Bertz CT molecular complexity index is 1740. The molecule has 2 heterocycles. The highest BCUT2D eigenvalue weighted by atomic mass is 19.1. The molecule has 0 aliphatic rings. The van der Waals surface area contributed by atoms with Gasteiger partial charge in [-0.05, 0) is 59.9 Å². The lowest BCUT2D eigenvalue weighted by Gasteiger charge is -2.19. The number of rotatable bonds is 8. The molecule has 1 atom stereocenters. The molecule has 0 spiro atoms. The van der Waals surface area contributed by atoms with Crippen LogP contribution in [0.2, 0.25) is 0 Å². The Balaban J connectivity index is 1.27. The molecule has 0 aliphatic carbocycles. The molecule has 11 heteroatoms. The van der Waals surface area contributed by atoms with E-state index in [0.717, 1.165) is 11.1 Å². The second kappa shape index (κ2) is 11.4. The maximum Gasteiger partial charge on any atom is 0.326 e. The van der Waals surface area contributed by atoms with Crippen molar-refractivity contribution in [2.75, 3.05) is 0 Å². The van der Waals surface area contributed by atoms with Crippen molar-refractivity contribution in [2.24, 2.45) is 0 Å². The van der Waals surface area contributed by atoms with Crippen LogP contribution in [0.3, 0.4) is 0 Å². The first-order chi connectivity index (χ1) is 20.0. The molecule has 1 amide bonds. The summed E-state index contributed by atoms with van der Waals surface area (Å²) in [5.74, 6) is -2.58. The number of aromatic nitrogens is 5. The van der Waals surface area contributed by atoms with E-state index >= 15 is 4.39 Å². The molecule has 10 nitrogen and oxygen atoms in total. The fourth-order valence-electron chi connectivity index (χ4n) is 4.28. The molecule has 0 saturated carbocycles. The molecule has 2 N–H and O–H groups in total. The average Bonchev–Trinajstić information content (AvgIpc) is 3.64. The number of hydrogen-bond acceptors (Lipinski definition) is 7. The minimum absolute atomic E-state index is 0.0146. The number of carbonyl (C=O) groups is 2. The summed E-state index contributed by atoms with van der Waals surface area (Å²) in [5.41, 5.74) is 4.05. The molecule has 0 radical (unpaired) electrons. The van der Waals surface area contributed by atoms with Gasteiger partial charge in [-0.1, -0.05) is 61.8 Å². The van der Waals surface area contributed by atoms with Gasteiger partial charge in [-0.2, -0.15) is 4.98 Å². The lowest BCUT2D eigenvalue weighted by atomic mass is 9.87. The summed E-state index contributed by atoms with van der Waals surface area (Å²) < 4.78 is 21.8. The van der Waals surface area contributed by atoms with E-state index < -0.39 is 23.7 Å². The molecule has 0 aliphatic heterocycles. The molecular weight excluding hydrogens is 539 g/mol. The standard InChI is InChI=1S/C31H29FN6O4/c1-18-5-8-20(9-6-18)29-35-26(37-42-29)23-14-7-19(15-24(23)32)16-25(30(40)41)34-28(39)27-33-17-38(36-27)22-12-10-21(11-13-22)31(2,3)4/h5-15,17,25H,16H2,1-4H3,(H,34,39)(H,40,41). The maximum absolute atomic E-state index is 15.1. The summed E-state index contributed by atoms with van der Waals surface area (Å²) in [6, 6.07) is 18.0. The van der Waals surface area contributed by atoms with E-state index in [9.17, 15) is 14.7 Å². The zero-order chi connectivity index (χ0) is 30.0. The van der Waals surface area contributed by atoms with Crippen LogP contribution in [0.4, 0.5) is 4.39 Å². The number of nitrogens with one attached hydrogen (secondary N) is 1. The van der Waals surface area contributed by atoms with E-state index in [2.05, 4.69) is 46.3 Å². The van der Waals surface area contributed by atoms with Gasteiger partial charge in [0, 0.05) is 12.0 Å². The molecule has 5 aromatic rings. The van der Waals surface area contributed by atoms with Gasteiger partial charge in [0.15, 0.2) is 0 Å². The minimum Gasteiger partial charge on any atom is -0.480 e. The second-order valence-corrected chi connectivity index (χ2v) is 11.0. The molecular formula is C31H29FN6O4. The monoisotopic (exact) mass is 568 g/mol. The Morgan fingerprint density at radius 2 is 1.76 bits per heavy atom. The van der Waals surface area contributed by atoms with Gasteiger partial charge >= 0.3 is 5.97 Å². The van der Waals surface area contributed by atoms with Crippen molar-refractivity contribution in [3.63, 3.8) is 0 Å². The van der Waals surface area contributed by atoms with Gasteiger partial charge in [-0.25, -0.2) is 18.9 Å². The Labute approximate surface area is 241 Å².